The molecule has 0 fully saturated rings. The largest absolute Gasteiger partial charge is 0.508 e. The van der Waals surface area contributed by atoms with Gasteiger partial charge in [0.25, 0.3) is 0 Å². The Balaban J connectivity index is 1.90. The lowest BCUT2D eigenvalue weighted by Gasteiger charge is -2.35. The van der Waals surface area contributed by atoms with Gasteiger partial charge in [0.1, 0.15) is 17.7 Å². The number of fused-ring (bicyclic) bond motifs is 1. The summed E-state index contributed by atoms with van der Waals surface area (Å²) in [5.74, 6) is -2.40. The number of aryl methyl sites for hydroxylation is 2. The third-order valence-electron chi connectivity index (χ3n) is 5.36. The van der Waals surface area contributed by atoms with Crippen molar-refractivity contribution in [3.8, 4) is 11.8 Å². The van der Waals surface area contributed by atoms with E-state index < -0.39 is 23.8 Å². The molecule has 0 spiro atoms. The van der Waals surface area contributed by atoms with E-state index in [4.69, 9.17) is 0 Å². The highest BCUT2D eigenvalue weighted by Crippen LogP contribution is 2.28. The molecular weight excluding hydrogens is 356 g/mol. The number of hydrogen-bond acceptors (Lipinski definition) is 4. The number of aliphatic carboxylic acids is 1. The maximum Gasteiger partial charge on any atom is 0.326 e. The summed E-state index contributed by atoms with van der Waals surface area (Å²) in [6.45, 7) is 3.81. The number of nitrogens with zero attached hydrogens (tertiary/aromatic N) is 2. The number of carboxylic acid groups (broad SMARTS) is 1. The molecule has 1 unspecified atom stereocenters. The van der Waals surface area contributed by atoms with E-state index in [0.717, 1.165) is 27.8 Å². The Labute approximate surface area is 163 Å². The van der Waals surface area contributed by atoms with E-state index in [2.05, 4.69) is 6.07 Å². The molecule has 28 heavy (non-hydrogen) atoms. The Hall–Kier alpha value is -3.33. The van der Waals surface area contributed by atoms with Crippen LogP contribution < -0.4 is 0 Å². The molecule has 3 rings (SSSR count). The lowest BCUT2D eigenvalue weighted by molar-refractivity contribution is -0.152. The zero-order valence-corrected chi connectivity index (χ0v) is 15.8. The number of phenolic OH excluding ortho intramolecular Hbond substituents is 1. The molecule has 2 N–H and O–H groups in total. The number of carbonyl (C=O) groups excluding carboxylic acids is 1. The maximum atomic E-state index is 13.1. The van der Waals surface area contributed by atoms with Gasteiger partial charge in [-0.1, -0.05) is 24.3 Å². The average molecular weight is 378 g/mol. The fourth-order valence-electron chi connectivity index (χ4n) is 3.86. The molecule has 2 aromatic rings. The van der Waals surface area contributed by atoms with Gasteiger partial charge in [0.2, 0.25) is 5.91 Å². The van der Waals surface area contributed by atoms with E-state index in [1.165, 1.54) is 4.90 Å². The van der Waals surface area contributed by atoms with E-state index in [1.807, 2.05) is 38.1 Å². The number of aromatic hydroxyl groups is 1. The van der Waals surface area contributed by atoms with Crippen LogP contribution in [0.15, 0.2) is 36.4 Å². The molecule has 1 amide bonds. The molecule has 1 aliphatic rings. The standard InChI is InChI=1S/C22H22N2O4/c1-13-7-18(25)8-14(2)19(13)9-17(11-23)21(26)24-12-16-6-4-3-5-15(16)10-20(24)22(27)28/h3-8,17,20,25H,9-10,12H2,1-2H3,(H,27,28)/t17?,20-/m0/s1. The summed E-state index contributed by atoms with van der Waals surface area (Å²) in [5, 5.41) is 29.0. The number of carboxylic acids is 1. The normalized spacial score (nSPS) is 16.8. The van der Waals surface area contributed by atoms with Crippen LogP contribution in [0.4, 0.5) is 0 Å². The van der Waals surface area contributed by atoms with Crippen LogP contribution in [0.2, 0.25) is 0 Å². The van der Waals surface area contributed by atoms with Crippen molar-refractivity contribution in [2.45, 2.75) is 39.3 Å². The first kappa shape index (κ1) is 19.4. The van der Waals surface area contributed by atoms with Crippen molar-refractivity contribution < 1.29 is 19.8 Å². The van der Waals surface area contributed by atoms with Gasteiger partial charge in [-0.05, 0) is 60.2 Å². The number of benzene rings is 2. The minimum atomic E-state index is -1.07. The van der Waals surface area contributed by atoms with Gasteiger partial charge in [-0.25, -0.2) is 4.79 Å². The van der Waals surface area contributed by atoms with Crippen molar-refractivity contribution in [3.63, 3.8) is 0 Å². The van der Waals surface area contributed by atoms with E-state index >= 15 is 0 Å². The van der Waals surface area contributed by atoms with E-state index in [9.17, 15) is 25.1 Å². The quantitative estimate of drug-likeness (QED) is 0.852. The Morgan fingerprint density at radius 1 is 1.21 bits per heavy atom. The number of rotatable bonds is 4. The van der Waals surface area contributed by atoms with E-state index in [-0.39, 0.29) is 25.1 Å². The summed E-state index contributed by atoms with van der Waals surface area (Å²) >= 11 is 0. The fourth-order valence-corrected chi connectivity index (χ4v) is 3.86. The van der Waals surface area contributed by atoms with Crippen LogP contribution in [0.1, 0.15) is 27.8 Å². The van der Waals surface area contributed by atoms with Gasteiger partial charge in [-0.3, -0.25) is 4.79 Å². The Morgan fingerprint density at radius 2 is 1.82 bits per heavy atom. The minimum Gasteiger partial charge on any atom is -0.508 e. The van der Waals surface area contributed by atoms with Gasteiger partial charge < -0.3 is 15.1 Å². The second-order valence-corrected chi connectivity index (χ2v) is 7.24. The number of carbonyl (C=O) groups is 2. The Kier molecular flexibility index (Phi) is 5.36. The zero-order valence-electron chi connectivity index (χ0n) is 15.8. The van der Waals surface area contributed by atoms with Gasteiger partial charge in [0.15, 0.2) is 0 Å². The Morgan fingerprint density at radius 3 is 2.39 bits per heavy atom. The highest BCUT2D eigenvalue weighted by molar-refractivity contribution is 5.87. The second-order valence-electron chi connectivity index (χ2n) is 7.24. The third kappa shape index (κ3) is 3.70. The molecule has 0 aliphatic carbocycles. The predicted octanol–water partition coefficient (Wildman–Crippen LogP) is 2.73. The topological polar surface area (TPSA) is 102 Å². The lowest BCUT2D eigenvalue weighted by atomic mass is 9.89. The predicted molar refractivity (Wildman–Crippen MR) is 103 cm³/mol. The molecule has 0 bridgehead atoms. The van der Waals surface area contributed by atoms with Crippen LogP contribution >= 0.6 is 0 Å². The van der Waals surface area contributed by atoms with Crippen molar-refractivity contribution in [3.05, 3.63) is 64.2 Å². The first-order valence-corrected chi connectivity index (χ1v) is 9.10. The molecule has 2 atom stereocenters. The molecule has 144 valence electrons. The monoisotopic (exact) mass is 378 g/mol. The molecule has 6 heteroatoms. The van der Waals surface area contributed by atoms with Crippen LogP contribution in [0, 0.1) is 31.1 Å². The molecule has 1 heterocycles. The van der Waals surface area contributed by atoms with Gasteiger partial charge in [-0.2, -0.15) is 5.26 Å². The minimum absolute atomic E-state index is 0.136. The highest BCUT2D eigenvalue weighted by atomic mass is 16.4. The SMILES string of the molecule is Cc1cc(O)cc(C)c1CC(C#N)C(=O)N1Cc2ccccc2C[C@H]1C(=O)O. The van der Waals surface area contributed by atoms with Crippen molar-refractivity contribution >= 4 is 11.9 Å². The molecule has 6 nitrogen and oxygen atoms in total. The van der Waals surface area contributed by atoms with Crippen molar-refractivity contribution in [1.29, 1.82) is 5.26 Å². The zero-order chi connectivity index (χ0) is 20.4. The molecular formula is C22H22N2O4. The summed E-state index contributed by atoms with van der Waals surface area (Å²) in [5.41, 5.74) is 4.23. The summed E-state index contributed by atoms with van der Waals surface area (Å²) in [6, 6.07) is 11.7. The number of nitriles is 1. The van der Waals surface area contributed by atoms with Crippen molar-refractivity contribution in [1.82, 2.24) is 4.90 Å². The molecule has 0 radical (unpaired) electrons. The van der Waals surface area contributed by atoms with Gasteiger partial charge in [0.05, 0.1) is 6.07 Å². The van der Waals surface area contributed by atoms with Crippen molar-refractivity contribution in [2.24, 2.45) is 5.92 Å². The van der Waals surface area contributed by atoms with Crippen LogP contribution in [0.5, 0.6) is 5.75 Å². The third-order valence-corrected chi connectivity index (χ3v) is 5.36. The summed E-state index contributed by atoms with van der Waals surface area (Å²) < 4.78 is 0. The lowest BCUT2D eigenvalue weighted by Crippen LogP contribution is -2.50. The van der Waals surface area contributed by atoms with Crippen LogP contribution in [0.3, 0.4) is 0 Å². The number of phenols is 1. The fraction of sp³-hybridized carbons (Fsp3) is 0.318. The second kappa shape index (κ2) is 7.73. The van der Waals surface area contributed by atoms with Gasteiger partial charge in [-0.15, -0.1) is 0 Å². The summed E-state index contributed by atoms with van der Waals surface area (Å²) in [4.78, 5) is 26.2. The first-order chi connectivity index (χ1) is 13.3. The summed E-state index contributed by atoms with van der Waals surface area (Å²) in [7, 11) is 0. The molecule has 1 aliphatic heterocycles. The van der Waals surface area contributed by atoms with E-state index in [0.29, 0.717) is 0 Å². The van der Waals surface area contributed by atoms with Gasteiger partial charge >= 0.3 is 5.97 Å². The Bertz CT molecular complexity index is 954. The molecule has 0 saturated carbocycles. The maximum absolute atomic E-state index is 13.1. The number of hydrogen-bond donors (Lipinski definition) is 2. The van der Waals surface area contributed by atoms with E-state index in [1.54, 1.807) is 12.1 Å². The van der Waals surface area contributed by atoms with Gasteiger partial charge in [0, 0.05) is 13.0 Å². The molecule has 0 aromatic heterocycles. The van der Waals surface area contributed by atoms with Crippen LogP contribution in [-0.4, -0.2) is 33.0 Å². The van der Waals surface area contributed by atoms with Crippen molar-refractivity contribution in [2.75, 3.05) is 0 Å². The summed E-state index contributed by atoms with van der Waals surface area (Å²) in [6.07, 6.45) is 0.407. The first-order valence-electron chi connectivity index (χ1n) is 9.10. The molecule has 2 aromatic carbocycles. The number of amides is 1. The average Bonchev–Trinajstić information content (AvgIpc) is 2.66. The highest BCUT2D eigenvalue weighted by Gasteiger charge is 2.37. The van der Waals surface area contributed by atoms with Crippen LogP contribution in [-0.2, 0) is 29.0 Å². The smallest absolute Gasteiger partial charge is 0.326 e. The van der Waals surface area contributed by atoms with Crippen LogP contribution in [0.25, 0.3) is 0 Å². The molecule has 0 saturated heterocycles.